The van der Waals surface area contributed by atoms with E-state index in [1.165, 1.54) is 0 Å². The van der Waals surface area contributed by atoms with Crippen molar-refractivity contribution >= 4 is 14.1 Å². The van der Waals surface area contributed by atoms with Gasteiger partial charge in [-0.2, -0.15) is 0 Å². The molecule has 1 N–H and O–H groups in total. The van der Waals surface area contributed by atoms with Crippen LogP contribution in [0.4, 0.5) is 0 Å². The number of ether oxygens (including phenoxy) is 9. The fourth-order valence-electron chi connectivity index (χ4n) is 13.4. The fraction of sp³-hybridized carbons (Fsp3) is 0.621. The van der Waals surface area contributed by atoms with Gasteiger partial charge in [0.2, 0.25) is 0 Å². The van der Waals surface area contributed by atoms with Crippen LogP contribution in [0.15, 0.2) is 121 Å². The van der Waals surface area contributed by atoms with Crippen LogP contribution in [0.5, 0.6) is 0 Å². The highest BCUT2D eigenvalue weighted by atomic mass is 28.4. The van der Waals surface area contributed by atoms with Crippen LogP contribution >= 0.6 is 0 Å². The molecule has 0 aromatic heterocycles. The third-order valence-corrected chi connectivity index (χ3v) is 23.3. The van der Waals surface area contributed by atoms with Crippen molar-refractivity contribution in [3.8, 4) is 0 Å². The minimum atomic E-state index is -2.21. The number of hydrogen-bond donors (Lipinski definition) is 1. The molecule has 0 unspecified atom stereocenters. The first kappa shape index (κ1) is 59.9. The summed E-state index contributed by atoms with van der Waals surface area (Å²) in [6, 6.07) is 43.7. The van der Waals surface area contributed by atoms with E-state index in [2.05, 4.69) is 97.0 Å². The monoisotopic (exact) mass is 1100 g/mol. The number of hydrogen-bond acceptors (Lipinski definition) is 12. The van der Waals surface area contributed by atoms with Crippen molar-refractivity contribution in [2.75, 3.05) is 6.61 Å². The number of carbonyl (C=O) groups is 1. The zero-order valence-electron chi connectivity index (χ0n) is 48.5. The third kappa shape index (κ3) is 14.8. The van der Waals surface area contributed by atoms with Crippen LogP contribution in [0.3, 0.4) is 0 Å². The first-order chi connectivity index (χ1) is 38.1. The molecular weight excluding hydrogens is 1010 g/mol. The highest BCUT2D eigenvalue weighted by Crippen LogP contribution is 2.49. The zero-order valence-corrected chi connectivity index (χ0v) is 49.5. The standard InChI is InChI=1S/C66H92O12Si/c1-9-79(10-2,11-3)78-55-32-35-64(6)59(39-56(47(5)75-64)70-43-49-26-18-13-19-27-49)74-62(55)53(68)38-52(67)41-66(8)58(71-44-50-28-20-14-21-29-50)33-36-65(7)60(76-66)40-57-63(77-65)61(72-45-51-30-22-15-23-31-51)46(4)54(73-57)34-37-69-42-48-24-16-12-17-25-48/h12-31,46-47,53-63,68H,9-11,32-45H2,1-8H3/t46-,47-,53+,54+,55-,56+,57-,58+,59-,60+,61+,62+,63-,64+,65-,66-/m1/s1. The molecule has 5 aliphatic heterocycles. The van der Waals surface area contributed by atoms with Crippen LogP contribution in [0.1, 0.15) is 135 Å². The van der Waals surface area contributed by atoms with Crippen molar-refractivity contribution in [3.05, 3.63) is 144 Å². The summed E-state index contributed by atoms with van der Waals surface area (Å²) >= 11 is 0. The van der Waals surface area contributed by atoms with E-state index < -0.39 is 61.7 Å². The van der Waals surface area contributed by atoms with Gasteiger partial charge in [0.25, 0.3) is 0 Å². The third-order valence-electron chi connectivity index (χ3n) is 18.6. The molecule has 0 bridgehead atoms. The Morgan fingerprint density at radius 3 is 1.78 bits per heavy atom. The second-order valence-corrected chi connectivity index (χ2v) is 29.0. The lowest BCUT2D eigenvalue weighted by atomic mass is 9.78. The minimum absolute atomic E-state index is 0.0119. The van der Waals surface area contributed by atoms with Crippen LogP contribution in [-0.2, 0) is 78.3 Å². The van der Waals surface area contributed by atoms with E-state index in [1.54, 1.807) is 0 Å². The highest BCUT2D eigenvalue weighted by molar-refractivity contribution is 6.73. The van der Waals surface area contributed by atoms with Gasteiger partial charge < -0.3 is 52.2 Å². The van der Waals surface area contributed by atoms with Crippen molar-refractivity contribution in [1.29, 1.82) is 0 Å². The lowest BCUT2D eigenvalue weighted by Crippen LogP contribution is -2.65. The predicted molar refractivity (Wildman–Crippen MR) is 308 cm³/mol. The minimum Gasteiger partial charge on any atom is -0.411 e. The lowest BCUT2D eigenvalue weighted by Gasteiger charge is -2.55. The van der Waals surface area contributed by atoms with Gasteiger partial charge in [-0.25, -0.2) is 0 Å². The number of rotatable bonds is 24. The van der Waals surface area contributed by atoms with Crippen LogP contribution in [0, 0.1) is 5.92 Å². The molecule has 5 aliphatic rings. The van der Waals surface area contributed by atoms with E-state index in [0.717, 1.165) is 40.4 Å². The molecule has 13 heteroatoms. The largest absolute Gasteiger partial charge is 0.411 e. The van der Waals surface area contributed by atoms with Crippen molar-refractivity contribution in [2.24, 2.45) is 5.92 Å². The lowest BCUT2D eigenvalue weighted by molar-refractivity contribution is -0.317. The van der Waals surface area contributed by atoms with E-state index in [9.17, 15) is 5.11 Å². The van der Waals surface area contributed by atoms with Gasteiger partial charge in [-0.3, -0.25) is 4.79 Å². The zero-order chi connectivity index (χ0) is 55.6. The molecule has 4 aromatic rings. The fourth-order valence-corrected chi connectivity index (χ4v) is 16.3. The van der Waals surface area contributed by atoms with Gasteiger partial charge in [0.05, 0.1) is 104 Å². The van der Waals surface area contributed by atoms with E-state index in [1.807, 2.05) is 79.7 Å². The SMILES string of the molecule is CC[Si](CC)(CC)O[C@@H]1CC[C@]2(C)O[C@H](C)[C@@H](OCc3ccccc3)C[C@H]2O[C@H]1[C@@H](O)CC(=O)C[C@@]1(C)O[C@H]2C[C@H]3O[C@@H](CCOCc4ccccc4)[C@@H](C)[C@H](OCc4ccccc4)[C@@H]3O[C@]2(C)CC[C@@H]1OCc1ccccc1. The Bertz CT molecular complexity index is 2460. The number of carbonyl (C=O) groups excluding carboxylic acids is 1. The summed E-state index contributed by atoms with van der Waals surface area (Å²) in [6.45, 7) is 19.6. The molecule has 432 valence electrons. The molecule has 5 fully saturated rings. The van der Waals surface area contributed by atoms with Gasteiger partial charge in [-0.1, -0.05) is 149 Å². The van der Waals surface area contributed by atoms with Crippen molar-refractivity contribution < 1.29 is 57.0 Å². The predicted octanol–water partition coefficient (Wildman–Crippen LogP) is 12.5. The summed E-state index contributed by atoms with van der Waals surface area (Å²) in [5, 5.41) is 12.7. The Morgan fingerprint density at radius 2 is 1.19 bits per heavy atom. The van der Waals surface area contributed by atoms with Crippen molar-refractivity contribution in [3.63, 3.8) is 0 Å². The Kier molecular flexibility index (Phi) is 20.6. The number of Topliss-reactive ketones (excluding diaryl/α,β-unsaturated/α-hetero) is 1. The maximum absolute atomic E-state index is 15.1. The van der Waals surface area contributed by atoms with E-state index in [4.69, 9.17) is 47.1 Å². The summed E-state index contributed by atoms with van der Waals surface area (Å²) in [5.41, 5.74) is 1.88. The highest BCUT2D eigenvalue weighted by Gasteiger charge is 2.59. The molecule has 9 rings (SSSR count). The number of benzene rings is 4. The number of fused-ring (bicyclic) bond motifs is 3. The summed E-state index contributed by atoms with van der Waals surface area (Å²) in [7, 11) is -2.21. The number of aliphatic hydroxyl groups is 1. The summed E-state index contributed by atoms with van der Waals surface area (Å²) in [5.74, 6) is -0.121. The van der Waals surface area contributed by atoms with Crippen LogP contribution < -0.4 is 0 Å². The second-order valence-electron chi connectivity index (χ2n) is 24.3. The first-order valence-corrected chi connectivity index (χ1v) is 32.5. The second kappa shape index (κ2) is 27.1. The van der Waals surface area contributed by atoms with Gasteiger partial charge in [0, 0.05) is 38.2 Å². The summed E-state index contributed by atoms with van der Waals surface area (Å²) in [6.07, 6.45) is -0.900. The van der Waals surface area contributed by atoms with Crippen LogP contribution in [-0.4, -0.2) is 116 Å². The van der Waals surface area contributed by atoms with E-state index in [-0.39, 0.29) is 61.2 Å². The normalized spacial score (nSPS) is 34.3. The smallest absolute Gasteiger partial charge is 0.192 e. The maximum Gasteiger partial charge on any atom is 0.192 e. The van der Waals surface area contributed by atoms with Crippen LogP contribution in [0.2, 0.25) is 18.1 Å². The molecule has 0 spiro atoms. The Balaban J connectivity index is 0.950. The first-order valence-electron chi connectivity index (χ1n) is 29.9. The Labute approximate surface area is 472 Å². The average Bonchev–Trinajstić information content (AvgIpc) is 3.89. The number of ketones is 1. The molecule has 5 heterocycles. The summed E-state index contributed by atoms with van der Waals surface area (Å²) < 4.78 is 69.9. The molecule has 79 heavy (non-hydrogen) atoms. The summed E-state index contributed by atoms with van der Waals surface area (Å²) in [4.78, 5) is 15.1. The van der Waals surface area contributed by atoms with Crippen molar-refractivity contribution in [1.82, 2.24) is 0 Å². The number of aliphatic hydroxyl groups excluding tert-OH is 1. The van der Waals surface area contributed by atoms with E-state index in [0.29, 0.717) is 78.0 Å². The Morgan fingerprint density at radius 1 is 0.646 bits per heavy atom. The molecule has 0 aliphatic carbocycles. The van der Waals surface area contributed by atoms with Gasteiger partial charge in [-0.15, -0.1) is 0 Å². The topological polar surface area (TPSA) is 130 Å². The van der Waals surface area contributed by atoms with E-state index >= 15 is 4.79 Å². The molecule has 0 amide bonds. The molecule has 0 radical (unpaired) electrons. The average molecular weight is 1110 g/mol. The molecule has 12 nitrogen and oxygen atoms in total. The van der Waals surface area contributed by atoms with Gasteiger partial charge in [0.15, 0.2) is 8.32 Å². The van der Waals surface area contributed by atoms with Gasteiger partial charge >= 0.3 is 0 Å². The Hall–Kier alpha value is -3.67. The van der Waals surface area contributed by atoms with Crippen LogP contribution in [0.25, 0.3) is 0 Å². The quantitative estimate of drug-likeness (QED) is 0.0530. The van der Waals surface area contributed by atoms with Gasteiger partial charge in [0.1, 0.15) is 18.0 Å². The molecular formula is C66H92O12Si. The molecule has 16 atom stereocenters. The molecule has 5 saturated heterocycles. The maximum atomic E-state index is 15.1. The molecule has 0 saturated carbocycles. The molecule has 4 aromatic carbocycles. The van der Waals surface area contributed by atoms with Crippen molar-refractivity contribution in [2.45, 2.75) is 248 Å². The van der Waals surface area contributed by atoms with Gasteiger partial charge in [-0.05, 0) is 100 Å².